The van der Waals surface area contributed by atoms with Gasteiger partial charge in [0.25, 0.3) is 0 Å². The van der Waals surface area contributed by atoms with E-state index in [1.807, 2.05) is 27.7 Å². The third kappa shape index (κ3) is 5.46. The van der Waals surface area contributed by atoms with Gasteiger partial charge in [-0.1, -0.05) is 0 Å². The van der Waals surface area contributed by atoms with Crippen molar-refractivity contribution in [1.82, 2.24) is 20.9 Å². The van der Waals surface area contributed by atoms with E-state index in [1.54, 1.807) is 6.92 Å². The Kier molecular flexibility index (Phi) is 5.95. The maximum absolute atomic E-state index is 12.2. The first-order valence-electron chi connectivity index (χ1n) is 7.28. The van der Waals surface area contributed by atoms with Crippen molar-refractivity contribution in [2.45, 2.75) is 52.2 Å². The zero-order valence-electron chi connectivity index (χ0n) is 13.2. The molecule has 6 heteroatoms. The Hall–Kier alpha value is -1.14. The molecule has 1 heterocycles. The molecule has 6 nitrogen and oxygen atoms in total. The lowest BCUT2D eigenvalue weighted by Crippen LogP contribution is -2.56. The summed E-state index contributed by atoms with van der Waals surface area (Å²) in [5.41, 5.74) is -0.291. The molecule has 0 aliphatic carbocycles. The van der Waals surface area contributed by atoms with Crippen LogP contribution in [0.25, 0.3) is 0 Å². The van der Waals surface area contributed by atoms with Gasteiger partial charge in [0.1, 0.15) is 6.04 Å². The maximum Gasteiger partial charge on any atom is 0.242 e. The van der Waals surface area contributed by atoms with Crippen molar-refractivity contribution in [3.63, 3.8) is 0 Å². The molecule has 1 aliphatic rings. The minimum absolute atomic E-state index is 0.0940. The van der Waals surface area contributed by atoms with E-state index in [0.29, 0.717) is 0 Å². The van der Waals surface area contributed by atoms with Crippen LogP contribution in [-0.4, -0.2) is 60.5 Å². The first-order chi connectivity index (χ1) is 9.20. The number of hydrogen-bond donors (Lipinski definition) is 3. The smallest absolute Gasteiger partial charge is 0.242 e. The Bertz CT molecular complexity index is 346. The fourth-order valence-corrected chi connectivity index (χ4v) is 2.11. The minimum atomic E-state index is -0.521. The lowest BCUT2D eigenvalue weighted by molar-refractivity contribution is -0.132. The molecule has 1 aliphatic heterocycles. The van der Waals surface area contributed by atoms with E-state index >= 15 is 0 Å². The van der Waals surface area contributed by atoms with Gasteiger partial charge in [-0.25, -0.2) is 0 Å². The molecule has 0 aromatic rings. The average Bonchev–Trinajstić information content (AvgIpc) is 2.36. The number of piperazine rings is 1. The van der Waals surface area contributed by atoms with Gasteiger partial charge in [-0.3, -0.25) is 14.5 Å². The molecule has 0 spiro atoms. The summed E-state index contributed by atoms with van der Waals surface area (Å²) in [5, 5.41) is 8.91. The van der Waals surface area contributed by atoms with E-state index in [2.05, 4.69) is 20.9 Å². The lowest BCUT2D eigenvalue weighted by Gasteiger charge is -2.32. The van der Waals surface area contributed by atoms with E-state index in [1.165, 1.54) is 0 Å². The second-order valence-electron chi connectivity index (χ2n) is 6.43. The number of carbonyl (C=O) groups is 2. The SMILES string of the molecule is CC(NC(=O)C(C)N1CCNCC1)C(=O)NC(C)(C)C. The summed E-state index contributed by atoms with van der Waals surface area (Å²) in [5.74, 6) is -0.248. The predicted octanol–water partition coefficient (Wildman–Crippen LogP) is -0.300. The molecule has 0 saturated carbocycles. The Morgan fingerprint density at radius 1 is 1.10 bits per heavy atom. The number of nitrogens with one attached hydrogen (secondary N) is 3. The molecule has 0 bridgehead atoms. The van der Waals surface area contributed by atoms with Gasteiger partial charge in [0, 0.05) is 31.7 Å². The van der Waals surface area contributed by atoms with Crippen molar-refractivity contribution in [2.24, 2.45) is 0 Å². The van der Waals surface area contributed by atoms with Crippen molar-refractivity contribution in [1.29, 1.82) is 0 Å². The van der Waals surface area contributed by atoms with E-state index < -0.39 is 6.04 Å². The normalized spacial score (nSPS) is 20.1. The fourth-order valence-electron chi connectivity index (χ4n) is 2.11. The third-order valence-electron chi connectivity index (χ3n) is 3.33. The van der Waals surface area contributed by atoms with Crippen molar-refractivity contribution in [3.05, 3.63) is 0 Å². The van der Waals surface area contributed by atoms with Gasteiger partial charge in [0.05, 0.1) is 6.04 Å². The Balaban J connectivity index is 2.45. The largest absolute Gasteiger partial charge is 0.350 e. The topological polar surface area (TPSA) is 73.5 Å². The highest BCUT2D eigenvalue weighted by molar-refractivity contribution is 5.89. The molecule has 116 valence electrons. The Morgan fingerprint density at radius 3 is 2.15 bits per heavy atom. The summed E-state index contributed by atoms with van der Waals surface area (Å²) in [6.45, 7) is 12.9. The van der Waals surface area contributed by atoms with Crippen LogP contribution in [0.15, 0.2) is 0 Å². The number of nitrogens with zero attached hydrogens (tertiary/aromatic N) is 1. The molecular weight excluding hydrogens is 256 g/mol. The van der Waals surface area contributed by atoms with Gasteiger partial charge in [-0.05, 0) is 34.6 Å². The van der Waals surface area contributed by atoms with Gasteiger partial charge >= 0.3 is 0 Å². The van der Waals surface area contributed by atoms with Crippen LogP contribution in [0, 0.1) is 0 Å². The third-order valence-corrected chi connectivity index (χ3v) is 3.33. The van der Waals surface area contributed by atoms with E-state index in [0.717, 1.165) is 26.2 Å². The quantitative estimate of drug-likeness (QED) is 0.663. The zero-order valence-corrected chi connectivity index (χ0v) is 13.2. The highest BCUT2D eigenvalue weighted by Crippen LogP contribution is 2.03. The number of hydrogen-bond acceptors (Lipinski definition) is 4. The second kappa shape index (κ2) is 7.04. The van der Waals surface area contributed by atoms with Crippen LogP contribution in [0.1, 0.15) is 34.6 Å². The molecule has 1 saturated heterocycles. The fraction of sp³-hybridized carbons (Fsp3) is 0.857. The number of carbonyl (C=O) groups excluding carboxylic acids is 2. The Labute approximate surface area is 121 Å². The van der Waals surface area contributed by atoms with Crippen molar-refractivity contribution >= 4 is 11.8 Å². The molecule has 2 atom stereocenters. The van der Waals surface area contributed by atoms with Gasteiger partial charge in [-0.2, -0.15) is 0 Å². The summed E-state index contributed by atoms with van der Waals surface area (Å²) >= 11 is 0. The van der Waals surface area contributed by atoms with Crippen LogP contribution in [0.3, 0.4) is 0 Å². The monoisotopic (exact) mass is 284 g/mol. The van der Waals surface area contributed by atoms with Crippen molar-refractivity contribution in [2.75, 3.05) is 26.2 Å². The number of amides is 2. The summed E-state index contributed by atoms with van der Waals surface area (Å²) in [4.78, 5) is 26.2. The predicted molar refractivity (Wildman–Crippen MR) is 79.4 cm³/mol. The van der Waals surface area contributed by atoms with Gasteiger partial charge in [-0.15, -0.1) is 0 Å². The van der Waals surface area contributed by atoms with Gasteiger partial charge in [0.15, 0.2) is 0 Å². The molecule has 2 amide bonds. The van der Waals surface area contributed by atoms with Crippen LogP contribution in [0.5, 0.6) is 0 Å². The average molecular weight is 284 g/mol. The summed E-state index contributed by atoms with van der Waals surface area (Å²) in [7, 11) is 0. The molecule has 1 fully saturated rings. The standard InChI is InChI=1S/C14H28N4O2/c1-10(12(19)17-14(3,4)5)16-13(20)11(2)18-8-6-15-7-9-18/h10-11,15H,6-9H2,1-5H3,(H,16,20)(H,17,19). The van der Waals surface area contributed by atoms with Crippen LogP contribution in [0.2, 0.25) is 0 Å². The molecule has 0 aromatic heterocycles. The molecule has 0 aromatic carbocycles. The summed E-state index contributed by atoms with van der Waals surface area (Å²) < 4.78 is 0. The van der Waals surface area contributed by atoms with Gasteiger partial charge in [0.2, 0.25) is 11.8 Å². The highest BCUT2D eigenvalue weighted by atomic mass is 16.2. The molecule has 0 radical (unpaired) electrons. The second-order valence-corrected chi connectivity index (χ2v) is 6.43. The van der Waals surface area contributed by atoms with Crippen LogP contribution < -0.4 is 16.0 Å². The van der Waals surface area contributed by atoms with E-state index in [-0.39, 0.29) is 23.4 Å². The minimum Gasteiger partial charge on any atom is -0.350 e. The van der Waals surface area contributed by atoms with E-state index in [4.69, 9.17) is 0 Å². The first-order valence-corrected chi connectivity index (χ1v) is 7.28. The summed E-state index contributed by atoms with van der Waals surface area (Å²) in [6.07, 6.45) is 0. The first kappa shape index (κ1) is 16.9. The van der Waals surface area contributed by atoms with Gasteiger partial charge < -0.3 is 16.0 Å². The van der Waals surface area contributed by atoms with Crippen LogP contribution >= 0.6 is 0 Å². The molecule has 3 N–H and O–H groups in total. The maximum atomic E-state index is 12.2. The number of rotatable bonds is 4. The molecule has 20 heavy (non-hydrogen) atoms. The van der Waals surface area contributed by atoms with Crippen LogP contribution in [0.4, 0.5) is 0 Å². The van der Waals surface area contributed by atoms with Crippen molar-refractivity contribution in [3.8, 4) is 0 Å². The summed E-state index contributed by atoms with van der Waals surface area (Å²) in [6, 6.07) is -0.728. The van der Waals surface area contributed by atoms with Crippen LogP contribution in [-0.2, 0) is 9.59 Å². The lowest BCUT2D eigenvalue weighted by atomic mass is 10.1. The highest BCUT2D eigenvalue weighted by Gasteiger charge is 2.26. The zero-order chi connectivity index (χ0) is 15.3. The Morgan fingerprint density at radius 2 is 1.65 bits per heavy atom. The van der Waals surface area contributed by atoms with Crippen molar-refractivity contribution < 1.29 is 9.59 Å². The molecule has 2 unspecified atom stereocenters. The molecule has 1 rings (SSSR count). The van der Waals surface area contributed by atoms with E-state index in [9.17, 15) is 9.59 Å². The molecular formula is C14H28N4O2.